The average molecular weight is 216 g/mol. The number of rotatable bonds is 3. The fourth-order valence-electron chi connectivity index (χ4n) is 1.71. The molecule has 0 spiro atoms. The number of carboxylic acids is 1. The number of carbonyl (C=O) groups is 1. The number of aryl methyl sites for hydroxylation is 1. The number of furan rings is 1. The minimum atomic E-state index is -0.846. The first kappa shape index (κ1) is 10.5. The Bertz CT molecular complexity index is 497. The number of benzene rings is 1. The van der Waals surface area contributed by atoms with Crippen LogP contribution >= 0.6 is 0 Å². The minimum absolute atomic E-state index is 0.00738. The first-order valence-corrected chi connectivity index (χ1v) is 5.02. The second-order valence-electron chi connectivity index (χ2n) is 3.62. The summed E-state index contributed by atoms with van der Waals surface area (Å²) in [7, 11) is 0. The summed E-state index contributed by atoms with van der Waals surface area (Å²) in [6.07, 6.45) is 1.61. The maximum atomic E-state index is 10.8. The fourth-order valence-corrected chi connectivity index (χ4v) is 1.71. The van der Waals surface area contributed by atoms with E-state index in [1.54, 1.807) is 13.2 Å². The summed E-state index contributed by atoms with van der Waals surface area (Å²) in [5.74, 6) is -0.178. The molecule has 0 fully saturated rings. The molecule has 0 atom stereocenters. The Labute approximate surface area is 93.3 Å². The van der Waals surface area contributed by atoms with E-state index in [2.05, 4.69) is 0 Å². The Balaban J connectivity index is 2.46. The quantitative estimate of drug-likeness (QED) is 0.858. The van der Waals surface area contributed by atoms with Crippen molar-refractivity contribution in [3.63, 3.8) is 0 Å². The predicted octanol–water partition coefficient (Wildman–Crippen LogP) is 2.88. The van der Waals surface area contributed by atoms with Gasteiger partial charge in [-0.3, -0.25) is 4.79 Å². The standard InChI is InChI=1S/C13H12O3/c1-9-11(7-13(14)15)12(8-16-9)10-5-3-2-4-6-10/h2-6,8H,7H2,1H3,(H,14,15). The van der Waals surface area contributed by atoms with Crippen LogP contribution in [-0.4, -0.2) is 11.1 Å². The van der Waals surface area contributed by atoms with Crippen molar-refractivity contribution in [1.82, 2.24) is 0 Å². The molecular formula is C13H12O3. The van der Waals surface area contributed by atoms with Gasteiger partial charge in [0.05, 0.1) is 12.7 Å². The molecule has 0 aliphatic rings. The van der Waals surface area contributed by atoms with Crippen molar-refractivity contribution in [2.75, 3.05) is 0 Å². The fraction of sp³-hybridized carbons (Fsp3) is 0.154. The van der Waals surface area contributed by atoms with Crippen LogP contribution in [0.5, 0.6) is 0 Å². The second-order valence-corrected chi connectivity index (χ2v) is 3.62. The molecule has 0 bridgehead atoms. The zero-order valence-corrected chi connectivity index (χ0v) is 8.93. The first-order valence-electron chi connectivity index (χ1n) is 5.02. The normalized spacial score (nSPS) is 10.3. The summed E-state index contributed by atoms with van der Waals surface area (Å²) in [6.45, 7) is 1.78. The van der Waals surface area contributed by atoms with Crippen molar-refractivity contribution in [3.8, 4) is 11.1 Å². The van der Waals surface area contributed by atoms with Gasteiger partial charge in [0.2, 0.25) is 0 Å². The molecule has 0 aliphatic carbocycles. The molecule has 1 aromatic carbocycles. The smallest absolute Gasteiger partial charge is 0.307 e. The Morgan fingerprint density at radius 2 is 2.00 bits per heavy atom. The molecule has 82 valence electrons. The Morgan fingerprint density at radius 3 is 2.62 bits per heavy atom. The molecule has 1 aromatic heterocycles. The van der Waals surface area contributed by atoms with Crippen LogP contribution < -0.4 is 0 Å². The van der Waals surface area contributed by atoms with E-state index in [0.29, 0.717) is 5.76 Å². The number of hydrogen-bond acceptors (Lipinski definition) is 2. The molecular weight excluding hydrogens is 204 g/mol. The number of aliphatic carboxylic acids is 1. The van der Waals surface area contributed by atoms with Gasteiger partial charge in [-0.15, -0.1) is 0 Å². The van der Waals surface area contributed by atoms with Crippen LogP contribution in [0.3, 0.4) is 0 Å². The lowest BCUT2D eigenvalue weighted by Gasteiger charge is -2.01. The van der Waals surface area contributed by atoms with E-state index in [1.807, 2.05) is 30.3 Å². The summed E-state index contributed by atoms with van der Waals surface area (Å²) in [4.78, 5) is 10.8. The van der Waals surface area contributed by atoms with Crippen LogP contribution in [0.4, 0.5) is 0 Å². The van der Waals surface area contributed by atoms with Gasteiger partial charge < -0.3 is 9.52 Å². The van der Waals surface area contributed by atoms with Gasteiger partial charge in [0.25, 0.3) is 0 Å². The highest BCUT2D eigenvalue weighted by Gasteiger charge is 2.14. The van der Waals surface area contributed by atoms with E-state index in [0.717, 1.165) is 16.7 Å². The lowest BCUT2D eigenvalue weighted by atomic mass is 10.0. The van der Waals surface area contributed by atoms with Crippen LogP contribution in [0.1, 0.15) is 11.3 Å². The molecule has 0 amide bonds. The SMILES string of the molecule is Cc1occ(-c2ccccc2)c1CC(=O)O. The number of hydrogen-bond donors (Lipinski definition) is 1. The molecule has 1 heterocycles. The Hall–Kier alpha value is -2.03. The zero-order valence-electron chi connectivity index (χ0n) is 8.93. The van der Waals surface area contributed by atoms with Gasteiger partial charge in [-0.05, 0) is 12.5 Å². The van der Waals surface area contributed by atoms with Crippen molar-refractivity contribution >= 4 is 5.97 Å². The van der Waals surface area contributed by atoms with E-state index in [4.69, 9.17) is 9.52 Å². The van der Waals surface area contributed by atoms with E-state index >= 15 is 0 Å². The molecule has 3 nitrogen and oxygen atoms in total. The third-order valence-corrected chi connectivity index (χ3v) is 2.52. The highest BCUT2D eigenvalue weighted by molar-refractivity contribution is 5.76. The van der Waals surface area contributed by atoms with Gasteiger partial charge in [0, 0.05) is 11.1 Å². The lowest BCUT2D eigenvalue weighted by molar-refractivity contribution is -0.136. The molecule has 16 heavy (non-hydrogen) atoms. The monoisotopic (exact) mass is 216 g/mol. The molecule has 0 saturated heterocycles. The highest BCUT2D eigenvalue weighted by Crippen LogP contribution is 2.28. The molecule has 2 aromatic rings. The third-order valence-electron chi connectivity index (χ3n) is 2.52. The van der Waals surface area contributed by atoms with Crippen LogP contribution in [0.2, 0.25) is 0 Å². The van der Waals surface area contributed by atoms with Crippen molar-refractivity contribution in [3.05, 3.63) is 47.9 Å². The van der Waals surface area contributed by atoms with E-state index < -0.39 is 5.97 Å². The molecule has 0 unspecified atom stereocenters. The average Bonchev–Trinajstić information content (AvgIpc) is 2.61. The van der Waals surface area contributed by atoms with Gasteiger partial charge >= 0.3 is 5.97 Å². The van der Waals surface area contributed by atoms with Gasteiger partial charge in [0.15, 0.2) is 0 Å². The highest BCUT2D eigenvalue weighted by atomic mass is 16.4. The second kappa shape index (κ2) is 4.23. The summed E-state index contributed by atoms with van der Waals surface area (Å²) in [5.41, 5.74) is 2.59. The summed E-state index contributed by atoms with van der Waals surface area (Å²) >= 11 is 0. The van der Waals surface area contributed by atoms with Gasteiger partial charge in [0.1, 0.15) is 5.76 Å². The number of carboxylic acid groups (broad SMARTS) is 1. The largest absolute Gasteiger partial charge is 0.481 e. The molecule has 2 rings (SSSR count). The first-order chi connectivity index (χ1) is 7.68. The van der Waals surface area contributed by atoms with E-state index in [-0.39, 0.29) is 6.42 Å². The maximum Gasteiger partial charge on any atom is 0.307 e. The van der Waals surface area contributed by atoms with Gasteiger partial charge in [-0.2, -0.15) is 0 Å². The molecule has 0 saturated carbocycles. The topological polar surface area (TPSA) is 50.4 Å². The maximum absolute atomic E-state index is 10.8. The van der Waals surface area contributed by atoms with Crippen LogP contribution in [-0.2, 0) is 11.2 Å². The summed E-state index contributed by atoms with van der Waals surface area (Å²) in [6, 6.07) is 9.64. The third kappa shape index (κ3) is 1.98. The van der Waals surface area contributed by atoms with Gasteiger partial charge in [-0.25, -0.2) is 0 Å². The van der Waals surface area contributed by atoms with E-state index in [1.165, 1.54) is 0 Å². The van der Waals surface area contributed by atoms with Crippen molar-refractivity contribution in [2.45, 2.75) is 13.3 Å². The van der Waals surface area contributed by atoms with Crippen molar-refractivity contribution in [2.24, 2.45) is 0 Å². The molecule has 0 radical (unpaired) electrons. The Kier molecular flexibility index (Phi) is 2.77. The molecule has 3 heteroatoms. The van der Waals surface area contributed by atoms with Gasteiger partial charge in [-0.1, -0.05) is 30.3 Å². The molecule has 1 N–H and O–H groups in total. The van der Waals surface area contributed by atoms with E-state index in [9.17, 15) is 4.79 Å². The Morgan fingerprint density at radius 1 is 1.31 bits per heavy atom. The summed E-state index contributed by atoms with van der Waals surface area (Å²) < 4.78 is 5.29. The van der Waals surface area contributed by atoms with Crippen LogP contribution in [0, 0.1) is 6.92 Å². The summed E-state index contributed by atoms with van der Waals surface area (Å²) in [5, 5.41) is 8.84. The molecule has 0 aliphatic heterocycles. The lowest BCUT2D eigenvalue weighted by Crippen LogP contribution is -2.01. The van der Waals surface area contributed by atoms with Crippen molar-refractivity contribution < 1.29 is 14.3 Å². The van der Waals surface area contributed by atoms with Crippen molar-refractivity contribution in [1.29, 1.82) is 0 Å². The minimum Gasteiger partial charge on any atom is -0.481 e. The zero-order chi connectivity index (χ0) is 11.5. The van der Waals surface area contributed by atoms with Crippen LogP contribution in [0.25, 0.3) is 11.1 Å². The van der Waals surface area contributed by atoms with Crippen LogP contribution in [0.15, 0.2) is 41.0 Å². The predicted molar refractivity (Wildman–Crippen MR) is 60.2 cm³/mol.